The summed E-state index contributed by atoms with van der Waals surface area (Å²) in [6, 6.07) is 10.0. The molecule has 6 nitrogen and oxygen atoms in total. The second-order valence-corrected chi connectivity index (χ2v) is 10.9. The Hall–Kier alpha value is -3.75. The van der Waals surface area contributed by atoms with Crippen LogP contribution in [0.15, 0.2) is 60.2 Å². The van der Waals surface area contributed by atoms with Crippen molar-refractivity contribution in [3.63, 3.8) is 0 Å². The second-order valence-electron chi connectivity index (χ2n) is 10.9. The van der Waals surface area contributed by atoms with Gasteiger partial charge in [0.15, 0.2) is 6.29 Å². The molecule has 2 aliphatic rings. The van der Waals surface area contributed by atoms with Crippen LogP contribution in [0.4, 0.5) is 4.39 Å². The molecule has 2 atom stereocenters. The van der Waals surface area contributed by atoms with E-state index >= 15 is 0 Å². The van der Waals surface area contributed by atoms with Crippen molar-refractivity contribution in [1.82, 2.24) is 0 Å². The molecule has 4 rings (SSSR count). The van der Waals surface area contributed by atoms with Gasteiger partial charge in [-0.25, -0.2) is 4.39 Å². The molecule has 2 aromatic rings. The number of benzene rings is 2. The Kier molecular flexibility index (Phi) is 9.22. The fraction of sp³-hybridized carbons (Fsp3) is 0.394. The number of aliphatic hydroxyl groups excluding tert-OH is 1. The van der Waals surface area contributed by atoms with E-state index in [2.05, 4.69) is 32.9 Å². The lowest BCUT2D eigenvalue weighted by Crippen LogP contribution is -2.25. The lowest BCUT2D eigenvalue weighted by atomic mass is 9.82. The summed E-state index contributed by atoms with van der Waals surface area (Å²) in [4.78, 5) is 0. The predicted molar refractivity (Wildman–Crippen MR) is 153 cm³/mol. The first-order chi connectivity index (χ1) is 19.2. The number of allylic oxidation sites excluding steroid dienone is 6. The summed E-state index contributed by atoms with van der Waals surface area (Å²) in [6.45, 7) is 9.50. The maximum Gasteiger partial charge on any atom is 0.161 e. The lowest BCUT2D eigenvalue weighted by molar-refractivity contribution is -0.133. The smallest absolute Gasteiger partial charge is 0.161 e. The molecule has 0 fully saturated rings. The van der Waals surface area contributed by atoms with Crippen LogP contribution in [-0.4, -0.2) is 31.2 Å². The average molecular weight is 543 g/mol. The van der Waals surface area contributed by atoms with Crippen LogP contribution in [0.3, 0.4) is 0 Å². The van der Waals surface area contributed by atoms with Crippen LogP contribution >= 0.6 is 0 Å². The molecule has 0 radical (unpaired) electrons. The normalized spacial score (nSPS) is 17.9. The van der Waals surface area contributed by atoms with Crippen molar-refractivity contribution in [2.24, 2.45) is 5.92 Å². The molecule has 2 aliphatic carbocycles. The van der Waals surface area contributed by atoms with Crippen molar-refractivity contribution in [3.8, 4) is 17.9 Å². The highest BCUT2D eigenvalue weighted by Crippen LogP contribution is 2.43. The predicted octanol–water partition coefficient (Wildman–Crippen LogP) is 7.12. The number of fused-ring (bicyclic) bond motifs is 1. The highest BCUT2D eigenvalue weighted by molar-refractivity contribution is 6.02. The van der Waals surface area contributed by atoms with Crippen molar-refractivity contribution < 1.29 is 23.7 Å². The molecule has 0 spiro atoms. The Morgan fingerprint density at radius 3 is 2.55 bits per heavy atom. The second kappa shape index (κ2) is 12.6. The number of nitriles is 2. The van der Waals surface area contributed by atoms with Gasteiger partial charge >= 0.3 is 0 Å². The van der Waals surface area contributed by atoms with Crippen LogP contribution in [-0.2, 0) is 14.9 Å². The van der Waals surface area contributed by atoms with Gasteiger partial charge in [0, 0.05) is 23.5 Å². The first-order valence-corrected chi connectivity index (χ1v) is 13.6. The summed E-state index contributed by atoms with van der Waals surface area (Å²) >= 11 is 0. The lowest BCUT2D eigenvalue weighted by Gasteiger charge is -2.25. The van der Waals surface area contributed by atoms with Crippen LogP contribution < -0.4 is 4.74 Å². The number of rotatable bonds is 9. The minimum Gasteiger partial charge on any atom is -0.457 e. The monoisotopic (exact) mass is 542 g/mol. The van der Waals surface area contributed by atoms with E-state index < -0.39 is 6.29 Å². The fourth-order valence-corrected chi connectivity index (χ4v) is 4.93. The number of halogens is 1. The van der Waals surface area contributed by atoms with Crippen molar-refractivity contribution in [2.75, 3.05) is 19.8 Å². The number of hydrogen-bond donors (Lipinski definition) is 1. The molecular formula is C33H35FN2O4. The van der Waals surface area contributed by atoms with Crippen molar-refractivity contribution in [2.45, 2.75) is 58.7 Å². The van der Waals surface area contributed by atoms with Gasteiger partial charge in [0.2, 0.25) is 0 Å². The van der Waals surface area contributed by atoms with Crippen LogP contribution in [0.5, 0.6) is 5.75 Å². The van der Waals surface area contributed by atoms with Crippen LogP contribution in [0.25, 0.3) is 16.3 Å². The highest BCUT2D eigenvalue weighted by Gasteiger charge is 2.26. The van der Waals surface area contributed by atoms with Gasteiger partial charge in [-0.05, 0) is 84.6 Å². The Morgan fingerprint density at radius 2 is 1.93 bits per heavy atom. The van der Waals surface area contributed by atoms with Crippen LogP contribution in [0, 0.1) is 28.6 Å². The average Bonchev–Trinajstić information content (AvgIpc) is 2.93. The minimum atomic E-state index is -0.963. The van der Waals surface area contributed by atoms with Gasteiger partial charge in [0.1, 0.15) is 29.5 Å². The van der Waals surface area contributed by atoms with Crippen LogP contribution in [0.1, 0.15) is 69.2 Å². The SMILES string of the molecule is CCOCCOC(O)C1C=CC(Oc2cc(C(C)(C)C)cc3cc(C#N)c(C#N)c(C4=CC(F)=CCC4)c23)=CC1. The Morgan fingerprint density at radius 1 is 1.12 bits per heavy atom. The molecule has 0 heterocycles. The molecule has 7 heteroatoms. The number of nitrogens with zero attached hydrogens (tertiary/aromatic N) is 2. The van der Waals surface area contributed by atoms with Crippen molar-refractivity contribution in [3.05, 3.63) is 82.4 Å². The molecule has 0 saturated carbocycles. The maximum atomic E-state index is 14.4. The van der Waals surface area contributed by atoms with Gasteiger partial charge in [-0.1, -0.05) is 32.9 Å². The molecule has 0 amide bonds. The Labute approximate surface area is 235 Å². The van der Waals surface area contributed by atoms with Crippen molar-refractivity contribution in [1.29, 1.82) is 10.5 Å². The third-order valence-electron chi connectivity index (χ3n) is 7.10. The van der Waals surface area contributed by atoms with Gasteiger partial charge in [0.05, 0.1) is 24.3 Å². The van der Waals surface area contributed by atoms with Gasteiger partial charge in [0.25, 0.3) is 0 Å². The molecule has 0 aliphatic heterocycles. The van der Waals surface area contributed by atoms with Gasteiger partial charge in [-0.3, -0.25) is 0 Å². The van der Waals surface area contributed by atoms with E-state index in [1.54, 1.807) is 12.1 Å². The number of aliphatic hydroxyl groups is 1. The third-order valence-corrected chi connectivity index (χ3v) is 7.10. The number of ether oxygens (including phenoxy) is 3. The first kappa shape index (κ1) is 29.2. The summed E-state index contributed by atoms with van der Waals surface area (Å²) in [5.41, 5.74) is 2.42. The summed E-state index contributed by atoms with van der Waals surface area (Å²) in [5, 5.41) is 31.9. The molecule has 208 valence electrons. The van der Waals surface area contributed by atoms with E-state index in [-0.39, 0.29) is 28.3 Å². The van der Waals surface area contributed by atoms with E-state index in [1.165, 1.54) is 12.2 Å². The molecule has 0 bridgehead atoms. The molecule has 2 aromatic carbocycles. The summed E-state index contributed by atoms with van der Waals surface area (Å²) in [6.07, 6.45) is 9.10. The molecule has 0 saturated heterocycles. The standard InChI is InChI=1S/C33H35FN2O4/c1-5-38-13-14-39-32(37)21-9-11-27(12-10-21)40-29-18-25(33(2,3)4)16-23-15-24(19-35)28(20-36)30(31(23)29)22-7-6-8-26(34)17-22/h8-9,11-12,15-18,21,32,37H,5-7,10,13-14H2,1-4H3. The van der Waals surface area contributed by atoms with E-state index in [1.807, 2.05) is 31.2 Å². The topological polar surface area (TPSA) is 95.5 Å². The minimum absolute atomic E-state index is 0.213. The molecule has 2 unspecified atom stereocenters. The van der Waals surface area contributed by atoms with E-state index in [0.717, 1.165) is 10.9 Å². The fourth-order valence-electron chi connectivity index (χ4n) is 4.93. The molecule has 1 N–H and O–H groups in total. The largest absolute Gasteiger partial charge is 0.457 e. The van der Waals surface area contributed by atoms with Gasteiger partial charge in [-0.15, -0.1) is 0 Å². The van der Waals surface area contributed by atoms with E-state index in [0.29, 0.717) is 67.1 Å². The third kappa shape index (κ3) is 6.51. The van der Waals surface area contributed by atoms with Crippen LogP contribution in [0.2, 0.25) is 0 Å². The summed E-state index contributed by atoms with van der Waals surface area (Å²) in [5.74, 6) is 0.521. The molecule has 0 aromatic heterocycles. The Bertz CT molecular complexity index is 1480. The van der Waals surface area contributed by atoms with E-state index in [9.17, 15) is 20.0 Å². The van der Waals surface area contributed by atoms with Crippen molar-refractivity contribution >= 4 is 16.3 Å². The summed E-state index contributed by atoms with van der Waals surface area (Å²) in [7, 11) is 0. The zero-order valence-corrected chi connectivity index (χ0v) is 23.5. The molecular weight excluding hydrogens is 507 g/mol. The summed E-state index contributed by atoms with van der Waals surface area (Å²) < 4.78 is 31.6. The number of hydrogen-bond acceptors (Lipinski definition) is 6. The molecule has 40 heavy (non-hydrogen) atoms. The zero-order valence-electron chi connectivity index (χ0n) is 23.5. The highest BCUT2D eigenvalue weighted by atomic mass is 19.1. The first-order valence-electron chi connectivity index (χ1n) is 13.6. The quantitative estimate of drug-likeness (QED) is 0.268. The van der Waals surface area contributed by atoms with E-state index in [4.69, 9.17) is 14.2 Å². The Balaban J connectivity index is 1.78. The van der Waals surface area contributed by atoms with Gasteiger partial charge < -0.3 is 19.3 Å². The van der Waals surface area contributed by atoms with Gasteiger partial charge in [-0.2, -0.15) is 10.5 Å². The zero-order chi connectivity index (χ0) is 28.9. The maximum absolute atomic E-state index is 14.4.